The molecule has 0 heterocycles. The summed E-state index contributed by atoms with van der Waals surface area (Å²) in [6, 6.07) is 0. The average molecular weight is 1360 g/mol. The Balaban J connectivity index is 3.93. The molecule has 0 aromatic carbocycles. The maximum atomic E-state index is 12.9. The topological polar surface area (TPSA) is 108 Å². The van der Waals surface area contributed by atoms with E-state index in [1.54, 1.807) is 0 Å². The third-order valence-corrected chi connectivity index (χ3v) is 18.5. The van der Waals surface area contributed by atoms with Gasteiger partial charge in [-0.05, 0) is 103 Å². The van der Waals surface area contributed by atoms with Crippen molar-refractivity contribution < 1.29 is 42.1 Å². The van der Waals surface area contributed by atoms with E-state index >= 15 is 0 Å². The molecule has 0 bridgehead atoms. The van der Waals surface area contributed by atoms with Gasteiger partial charge in [0.1, 0.15) is 19.8 Å². The van der Waals surface area contributed by atoms with Crippen LogP contribution in [0.2, 0.25) is 0 Å². The second-order valence-electron chi connectivity index (χ2n) is 28.0. The molecule has 0 aromatic rings. The normalized spacial score (nSPS) is 13.7. The predicted molar refractivity (Wildman–Crippen MR) is 418 cm³/mol. The second kappa shape index (κ2) is 75.6. The summed E-state index contributed by atoms with van der Waals surface area (Å²) < 4.78 is 34.8. The highest BCUT2D eigenvalue weighted by Crippen LogP contribution is 2.43. The lowest BCUT2D eigenvalue weighted by Crippen LogP contribution is -2.37. The SMILES string of the molecule is CC/C=C\C/C=C\C/C=C\C/C=C\C/C=C\C/C=C\CCCCCCCCCCCCCCCCCCCCCCCCC(=O)OC(COC(=O)CCCCCCCCCCCCCCCCCCCC/C=C\C/C=C\C/C=C\C/C=C\CC)COP(=O)(O)OCC[N+](C)(C)C. The fourth-order valence-electron chi connectivity index (χ4n) is 11.4. The number of quaternary nitrogens is 1. The van der Waals surface area contributed by atoms with Crippen molar-refractivity contribution in [3.63, 3.8) is 0 Å². The van der Waals surface area contributed by atoms with Gasteiger partial charge in [0.2, 0.25) is 0 Å². The van der Waals surface area contributed by atoms with Crippen molar-refractivity contribution in [2.75, 3.05) is 47.5 Å². The summed E-state index contributed by atoms with van der Waals surface area (Å²) in [4.78, 5) is 36.0. The molecule has 0 fully saturated rings. The zero-order valence-corrected chi connectivity index (χ0v) is 64.2. The Labute approximate surface area is 594 Å². The molecule has 0 rings (SSSR count). The van der Waals surface area contributed by atoms with Gasteiger partial charge in [-0.2, -0.15) is 0 Å². The fraction of sp³-hybridized carbons (Fsp3) is 0.744. The number of hydrogen-bond donors (Lipinski definition) is 1. The summed E-state index contributed by atoms with van der Waals surface area (Å²) in [6.07, 6.45) is 109. The Kier molecular flexibility index (Phi) is 72.8. The van der Waals surface area contributed by atoms with Crippen molar-refractivity contribution in [3.05, 3.63) is 122 Å². The molecule has 2 atom stereocenters. The minimum Gasteiger partial charge on any atom is -0.462 e. The highest BCUT2D eigenvalue weighted by molar-refractivity contribution is 7.47. The van der Waals surface area contributed by atoms with Crippen LogP contribution in [0.4, 0.5) is 0 Å². The molecule has 0 aliphatic rings. The maximum absolute atomic E-state index is 12.9. The number of carbonyl (C=O) groups excluding carboxylic acids is 2. The Morgan fingerprint density at radius 3 is 0.833 bits per heavy atom. The first-order valence-electron chi connectivity index (χ1n) is 40.3. The Bertz CT molecular complexity index is 2040. The molecule has 0 spiro atoms. The van der Waals surface area contributed by atoms with E-state index in [0.717, 1.165) is 96.3 Å². The summed E-state index contributed by atoms with van der Waals surface area (Å²) in [6.45, 7) is 4.25. The third-order valence-electron chi connectivity index (χ3n) is 17.5. The van der Waals surface area contributed by atoms with Crippen molar-refractivity contribution in [1.29, 1.82) is 0 Å². The molecule has 0 radical (unpaired) electrons. The molecular weight excluding hydrogens is 1210 g/mol. The van der Waals surface area contributed by atoms with Gasteiger partial charge in [0.05, 0.1) is 27.7 Å². The van der Waals surface area contributed by atoms with Crippen molar-refractivity contribution in [2.45, 2.75) is 367 Å². The molecule has 9 nitrogen and oxygen atoms in total. The summed E-state index contributed by atoms with van der Waals surface area (Å²) in [5.74, 6) is -0.782. The van der Waals surface area contributed by atoms with Crippen LogP contribution in [0.15, 0.2) is 122 Å². The molecule has 1 N–H and O–H groups in total. The first kappa shape index (κ1) is 92.4. The number of ether oxygens (including phenoxy) is 2. The van der Waals surface area contributed by atoms with Gasteiger partial charge < -0.3 is 18.9 Å². The van der Waals surface area contributed by atoms with E-state index in [2.05, 4.69) is 135 Å². The van der Waals surface area contributed by atoms with Crippen LogP contribution in [0.25, 0.3) is 0 Å². The molecule has 0 aromatic heterocycles. The van der Waals surface area contributed by atoms with Crippen LogP contribution < -0.4 is 0 Å². The Morgan fingerprint density at radius 1 is 0.323 bits per heavy atom. The lowest BCUT2D eigenvalue weighted by atomic mass is 10.0. The van der Waals surface area contributed by atoms with E-state index in [9.17, 15) is 19.0 Å². The van der Waals surface area contributed by atoms with E-state index in [0.29, 0.717) is 17.4 Å². The van der Waals surface area contributed by atoms with Gasteiger partial charge in [0.15, 0.2) is 6.10 Å². The predicted octanol–water partition coefficient (Wildman–Crippen LogP) is 26.9. The number of phosphoric acid groups is 1. The Morgan fingerprint density at radius 2 is 0.562 bits per heavy atom. The van der Waals surface area contributed by atoms with Crippen LogP contribution in [-0.4, -0.2) is 74.9 Å². The first-order chi connectivity index (χ1) is 47.0. The third kappa shape index (κ3) is 79.4. The minimum atomic E-state index is -4.40. The van der Waals surface area contributed by atoms with Crippen LogP contribution >= 0.6 is 7.82 Å². The van der Waals surface area contributed by atoms with Crippen molar-refractivity contribution >= 4 is 19.8 Å². The summed E-state index contributed by atoms with van der Waals surface area (Å²) in [7, 11) is 1.49. The molecule has 0 saturated heterocycles. The minimum absolute atomic E-state index is 0.0308. The molecule has 10 heteroatoms. The van der Waals surface area contributed by atoms with Gasteiger partial charge >= 0.3 is 19.8 Å². The highest BCUT2D eigenvalue weighted by atomic mass is 31.2. The molecule has 96 heavy (non-hydrogen) atoms. The number of hydrogen-bond acceptors (Lipinski definition) is 7. The highest BCUT2D eigenvalue weighted by Gasteiger charge is 2.27. The van der Waals surface area contributed by atoms with E-state index in [4.69, 9.17) is 18.5 Å². The molecule has 2 unspecified atom stereocenters. The van der Waals surface area contributed by atoms with E-state index in [1.165, 1.54) is 231 Å². The summed E-state index contributed by atoms with van der Waals surface area (Å²) in [5, 5.41) is 0. The molecule has 554 valence electrons. The smallest absolute Gasteiger partial charge is 0.462 e. The van der Waals surface area contributed by atoms with E-state index < -0.39 is 26.5 Å². The quantitative estimate of drug-likeness (QED) is 0.0211. The standard InChI is InChI=1S/C86H152NO8P/c1-6-8-10-12-14-16-18-20-22-24-26-28-30-32-34-36-38-39-40-41-42-43-44-45-46-47-49-51-53-55-57-59-61-63-65-67-69-71-73-75-77-79-86(89)95-84(83-94-96(90,91)93-81-80-87(3,4)5)82-92-85(88)78-76-74-72-70-68-66-64-62-60-58-56-54-52-50-48-37-35-33-31-29-27-25-23-21-19-17-15-13-11-9-7-2/h8-11,14-17,20-23,26-29,32,34,38-39,84H,6-7,12-13,18-19,24-25,30-31,33,35-37,40-83H2,1-5H3/p+1/b10-8-,11-9-,16-14-,17-15-,22-20-,23-21-,28-26-,29-27-,34-32-,39-38-. The first-order valence-corrected chi connectivity index (χ1v) is 41.8. The van der Waals surface area contributed by atoms with Crippen molar-refractivity contribution in [1.82, 2.24) is 0 Å². The number of nitrogens with zero attached hydrogens (tertiary/aromatic N) is 1. The van der Waals surface area contributed by atoms with Gasteiger partial charge in [-0.25, -0.2) is 4.57 Å². The van der Waals surface area contributed by atoms with Crippen LogP contribution in [0, 0.1) is 0 Å². The fourth-order valence-corrected chi connectivity index (χ4v) is 12.2. The average Bonchev–Trinajstić information content (AvgIpc) is 2.54. The summed E-state index contributed by atoms with van der Waals surface area (Å²) >= 11 is 0. The van der Waals surface area contributed by atoms with E-state index in [1.807, 2.05) is 21.1 Å². The van der Waals surface area contributed by atoms with Gasteiger partial charge in [0, 0.05) is 12.8 Å². The number of rotatable bonds is 74. The number of likely N-dealkylation sites (N-methyl/N-ethyl adjacent to an activating group) is 1. The van der Waals surface area contributed by atoms with Crippen LogP contribution in [-0.2, 0) is 32.7 Å². The zero-order chi connectivity index (χ0) is 69.7. The largest absolute Gasteiger partial charge is 0.472 e. The van der Waals surface area contributed by atoms with Crippen molar-refractivity contribution in [2.24, 2.45) is 0 Å². The molecule has 0 saturated carbocycles. The summed E-state index contributed by atoms with van der Waals surface area (Å²) in [5.41, 5.74) is 0. The lowest BCUT2D eigenvalue weighted by Gasteiger charge is -2.24. The molecular formula is C86H153NO8P+. The Hall–Kier alpha value is -3.59. The maximum Gasteiger partial charge on any atom is 0.472 e. The molecule has 0 aliphatic carbocycles. The van der Waals surface area contributed by atoms with E-state index in [-0.39, 0.29) is 32.0 Å². The number of phosphoric ester groups is 1. The number of allylic oxidation sites excluding steroid dienone is 20. The van der Waals surface area contributed by atoms with Crippen LogP contribution in [0.3, 0.4) is 0 Å². The number of carbonyl (C=O) groups is 2. The van der Waals surface area contributed by atoms with Crippen LogP contribution in [0.1, 0.15) is 361 Å². The zero-order valence-electron chi connectivity index (χ0n) is 63.3. The molecule has 0 amide bonds. The van der Waals surface area contributed by atoms with Gasteiger partial charge in [-0.15, -0.1) is 0 Å². The van der Waals surface area contributed by atoms with Gasteiger partial charge in [-0.1, -0.05) is 367 Å². The van der Waals surface area contributed by atoms with Crippen molar-refractivity contribution in [3.8, 4) is 0 Å². The lowest BCUT2D eigenvalue weighted by molar-refractivity contribution is -0.870. The van der Waals surface area contributed by atoms with Gasteiger partial charge in [-0.3, -0.25) is 18.6 Å². The van der Waals surface area contributed by atoms with Gasteiger partial charge in [0.25, 0.3) is 0 Å². The number of esters is 2. The molecule has 0 aliphatic heterocycles. The number of unbranched alkanes of at least 4 members (excludes halogenated alkanes) is 40. The second-order valence-corrected chi connectivity index (χ2v) is 29.5. The van der Waals surface area contributed by atoms with Crippen LogP contribution in [0.5, 0.6) is 0 Å². The monoisotopic (exact) mass is 1360 g/mol.